The number of nitrogens with one attached hydrogen (secondary N) is 3. The molecule has 2 amide bonds. The lowest BCUT2D eigenvalue weighted by Gasteiger charge is -2.24. The lowest BCUT2D eigenvalue weighted by atomic mass is 10.1. The van der Waals surface area contributed by atoms with E-state index < -0.39 is 23.6 Å². The number of carbonyl (C=O) groups excluding carboxylic acids is 2. The van der Waals surface area contributed by atoms with Gasteiger partial charge in [-0.25, -0.2) is 4.79 Å². The summed E-state index contributed by atoms with van der Waals surface area (Å²) in [6.45, 7) is 6.23. The Kier molecular flexibility index (Phi) is 7.53. The van der Waals surface area contributed by atoms with Gasteiger partial charge in [-0.15, -0.1) is 0 Å². The molecule has 8 nitrogen and oxygen atoms in total. The van der Waals surface area contributed by atoms with Gasteiger partial charge in [0.25, 0.3) is 5.91 Å². The first-order valence-corrected chi connectivity index (χ1v) is 10.7. The molecule has 0 fully saturated rings. The zero-order chi connectivity index (χ0) is 23.1. The molecule has 0 aromatic heterocycles. The second kappa shape index (κ2) is 10.3. The van der Waals surface area contributed by atoms with Gasteiger partial charge < -0.3 is 19.5 Å². The van der Waals surface area contributed by atoms with E-state index in [4.69, 9.17) is 26.4 Å². The Hall–Kier alpha value is -3.33. The van der Waals surface area contributed by atoms with Crippen molar-refractivity contribution < 1.29 is 23.8 Å². The molecule has 3 N–H and O–H groups in total. The van der Waals surface area contributed by atoms with Gasteiger partial charge in [-0.3, -0.25) is 15.6 Å². The van der Waals surface area contributed by atoms with Gasteiger partial charge in [0.05, 0.1) is 0 Å². The van der Waals surface area contributed by atoms with E-state index in [1.54, 1.807) is 39.0 Å². The van der Waals surface area contributed by atoms with Gasteiger partial charge in [0.15, 0.2) is 11.5 Å². The summed E-state index contributed by atoms with van der Waals surface area (Å²) < 4.78 is 16.4. The second-order valence-electron chi connectivity index (χ2n) is 8.19. The molecule has 1 heterocycles. The maximum Gasteiger partial charge on any atom is 0.408 e. The number of hydrogen-bond donors (Lipinski definition) is 3. The Bertz CT molecular complexity index is 975. The zero-order valence-electron chi connectivity index (χ0n) is 18.3. The summed E-state index contributed by atoms with van der Waals surface area (Å²) >= 11 is 5.39. The number of benzene rings is 2. The van der Waals surface area contributed by atoms with Gasteiger partial charge in [0, 0.05) is 12.0 Å². The Morgan fingerprint density at radius 3 is 2.41 bits per heavy atom. The van der Waals surface area contributed by atoms with Crippen LogP contribution < -0.4 is 25.6 Å². The van der Waals surface area contributed by atoms with Crippen molar-refractivity contribution in [2.45, 2.75) is 38.8 Å². The third-order valence-electron chi connectivity index (χ3n) is 4.39. The van der Waals surface area contributed by atoms with Crippen LogP contribution in [0.5, 0.6) is 11.5 Å². The predicted octanol–water partition coefficient (Wildman–Crippen LogP) is 2.89. The maximum absolute atomic E-state index is 12.9. The van der Waals surface area contributed by atoms with E-state index in [9.17, 15) is 9.59 Å². The predicted molar refractivity (Wildman–Crippen MR) is 124 cm³/mol. The molecule has 9 heteroatoms. The standard InChI is InChI=1S/C23H27N3O5S/c1-23(2,3)31-22(28)24-17(13-15-7-5-4-6-8-15)20(27)25-26-21(32)16-9-10-18-19(14-16)30-12-11-29-18/h4-10,14,17H,11-13H2,1-3H3,(H,24,28)(H,25,27)(H,26,32)/t17-/m0/s1. The molecule has 0 saturated carbocycles. The summed E-state index contributed by atoms with van der Waals surface area (Å²) in [5.74, 6) is 0.786. The molecular weight excluding hydrogens is 430 g/mol. The molecule has 0 bridgehead atoms. The molecule has 32 heavy (non-hydrogen) atoms. The number of ether oxygens (including phenoxy) is 3. The number of rotatable bonds is 5. The Balaban J connectivity index is 1.64. The lowest BCUT2D eigenvalue weighted by molar-refractivity contribution is -0.123. The van der Waals surface area contributed by atoms with Crippen LogP contribution in [0, 0.1) is 0 Å². The highest BCUT2D eigenvalue weighted by molar-refractivity contribution is 7.80. The number of hydrazine groups is 1. The highest BCUT2D eigenvalue weighted by Crippen LogP contribution is 2.30. The third kappa shape index (κ3) is 6.84. The topological polar surface area (TPSA) is 97.9 Å². The van der Waals surface area contributed by atoms with E-state index in [1.807, 2.05) is 30.3 Å². The van der Waals surface area contributed by atoms with Crippen LogP contribution in [0.25, 0.3) is 0 Å². The minimum atomic E-state index is -0.872. The quantitative estimate of drug-likeness (QED) is 0.469. The van der Waals surface area contributed by atoms with E-state index >= 15 is 0 Å². The summed E-state index contributed by atoms with van der Waals surface area (Å²) in [5.41, 5.74) is 6.17. The van der Waals surface area contributed by atoms with Crippen LogP contribution in [-0.4, -0.2) is 41.8 Å². The summed E-state index contributed by atoms with van der Waals surface area (Å²) in [6.07, 6.45) is -0.396. The summed E-state index contributed by atoms with van der Waals surface area (Å²) in [5, 5.41) is 2.63. The lowest BCUT2D eigenvalue weighted by Crippen LogP contribution is -2.53. The molecule has 1 atom stereocenters. The van der Waals surface area contributed by atoms with E-state index in [-0.39, 0.29) is 6.42 Å². The minimum Gasteiger partial charge on any atom is -0.486 e. The minimum absolute atomic E-state index is 0.282. The van der Waals surface area contributed by atoms with Gasteiger partial charge in [-0.05, 0) is 44.5 Å². The Morgan fingerprint density at radius 1 is 1.03 bits per heavy atom. The number of fused-ring (bicyclic) bond motifs is 1. The van der Waals surface area contributed by atoms with Crippen molar-refractivity contribution in [3.63, 3.8) is 0 Å². The average molecular weight is 458 g/mol. The van der Waals surface area contributed by atoms with E-state index in [0.29, 0.717) is 35.3 Å². The Morgan fingerprint density at radius 2 is 1.72 bits per heavy atom. The van der Waals surface area contributed by atoms with Gasteiger partial charge in [0.2, 0.25) is 0 Å². The second-order valence-corrected chi connectivity index (χ2v) is 8.60. The molecule has 1 aliphatic rings. The fourth-order valence-electron chi connectivity index (χ4n) is 2.97. The van der Waals surface area contributed by atoms with Crippen molar-refractivity contribution in [1.29, 1.82) is 0 Å². The molecule has 2 aromatic rings. The third-order valence-corrected chi connectivity index (χ3v) is 4.73. The van der Waals surface area contributed by atoms with Gasteiger partial charge >= 0.3 is 6.09 Å². The molecule has 0 unspecified atom stereocenters. The van der Waals surface area contributed by atoms with Crippen molar-refractivity contribution in [1.82, 2.24) is 16.2 Å². The van der Waals surface area contributed by atoms with Gasteiger partial charge in [0.1, 0.15) is 29.8 Å². The van der Waals surface area contributed by atoms with Crippen LogP contribution in [0.15, 0.2) is 48.5 Å². The van der Waals surface area contributed by atoms with Crippen LogP contribution in [0.4, 0.5) is 4.79 Å². The van der Waals surface area contributed by atoms with Crippen LogP contribution in [0.2, 0.25) is 0 Å². The molecule has 1 aliphatic heterocycles. The van der Waals surface area contributed by atoms with Gasteiger partial charge in [-0.1, -0.05) is 42.5 Å². The summed E-state index contributed by atoms with van der Waals surface area (Å²) in [6, 6.07) is 13.8. The average Bonchev–Trinajstić information content (AvgIpc) is 2.76. The van der Waals surface area contributed by atoms with E-state index in [2.05, 4.69) is 16.2 Å². The fraction of sp³-hybridized carbons (Fsp3) is 0.348. The number of carbonyl (C=O) groups is 2. The van der Waals surface area contributed by atoms with Crippen molar-refractivity contribution in [3.8, 4) is 11.5 Å². The van der Waals surface area contributed by atoms with Crippen LogP contribution in [0.3, 0.4) is 0 Å². The number of amides is 2. The van der Waals surface area contributed by atoms with Crippen molar-refractivity contribution in [3.05, 3.63) is 59.7 Å². The van der Waals surface area contributed by atoms with Crippen LogP contribution in [-0.2, 0) is 16.0 Å². The van der Waals surface area contributed by atoms with Crippen LogP contribution >= 0.6 is 12.2 Å². The normalized spacial score (nSPS) is 13.5. The number of thiocarbonyl (C=S) groups is 1. The van der Waals surface area contributed by atoms with Crippen molar-refractivity contribution in [2.24, 2.45) is 0 Å². The highest BCUT2D eigenvalue weighted by atomic mass is 32.1. The zero-order valence-corrected chi connectivity index (χ0v) is 19.1. The van der Waals surface area contributed by atoms with Crippen LogP contribution in [0.1, 0.15) is 31.9 Å². The number of hydrogen-bond acceptors (Lipinski definition) is 6. The fourth-order valence-corrected chi connectivity index (χ4v) is 3.15. The van der Waals surface area contributed by atoms with Crippen molar-refractivity contribution in [2.75, 3.05) is 13.2 Å². The first-order chi connectivity index (χ1) is 15.2. The maximum atomic E-state index is 12.9. The molecule has 0 saturated heterocycles. The molecule has 0 aliphatic carbocycles. The largest absolute Gasteiger partial charge is 0.486 e. The summed E-state index contributed by atoms with van der Waals surface area (Å²) in [4.78, 5) is 25.4. The monoisotopic (exact) mass is 457 g/mol. The Labute approximate surface area is 192 Å². The first kappa shape index (κ1) is 23.3. The highest BCUT2D eigenvalue weighted by Gasteiger charge is 2.25. The molecular formula is C23H27N3O5S. The molecule has 170 valence electrons. The number of alkyl carbamates (subject to hydrolysis) is 1. The van der Waals surface area contributed by atoms with Gasteiger partial charge in [-0.2, -0.15) is 0 Å². The smallest absolute Gasteiger partial charge is 0.408 e. The van der Waals surface area contributed by atoms with E-state index in [1.165, 1.54) is 0 Å². The first-order valence-electron chi connectivity index (χ1n) is 10.2. The summed E-state index contributed by atoms with van der Waals surface area (Å²) in [7, 11) is 0. The van der Waals surface area contributed by atoms with Crippen molar-refractivity contribution >= 4 is 29.2 Å². The molecule has 0 spiro atoms. The van der Waals surface area contributed by atoms with E-state index in [0.717, 1.165) is 5.56 Å². The molecule has 0 radical (unpaired) electrons. The SMILES string of the molecule is CC(C)(C)OC(=O)N[C@@H](Cc1ccccc1)C(=O)NNC(=S)c1ccc2c(c1)OCCO2. The molecule has 2 aromatic carbocycles. The molecule has 3 rings (SSSR count).